The van der Waals surface area contributed by atoms with E-state index in [0.29, 0.717) is 12.2 Å². The molecule has 0 saturated heterocycles. The zero-order chi connectivity index (χ0) is 17.2. The molecule has 23 heavy (non-hydrogen) atoms. The molecule has 0 fully saturated rings. The highest BCUT2D eigenvalue weighted by Crippen LogP contribution is 2.24. The Hall–Kier alpha value is -2.44. The van der Waals surface area contributed by atoms with E-state index in [-0.39, 0.29) is 6.04 Å². The van der Waals surface area contributed by atoms with E-state index in [4.69, 9.17) is 15.9 Å². The molecular weight excluding hydrogens is 314 g/mol. The van der Waals surface area contributed by atoms with Crippen LogP contribution in [0.2, 0.25) is 0 Å². The van der Waals surface area contributed by atoms with Crippen molar-refractivity contribution in [3.63, 3.8) is 0 Å². The minimum absolute atomic E-state index is 0.132. The van der Waals surface area contributed by atoms with E-state index in [9.17, 15) is 9.59 Å². The van der Waals surface area contributed by atoms with Crippen molar-refractivity contribution in [2.75, 3.05) is 0 Å². The van der Waals surface area contributed by atoms with Gasteiger partial charge >= 0.3 is 11.9 Å². The number of hydrogen-bond acceptors (Lipinski definition) is 4. The van der Waals surface area contributed by atoms with Gasteiger partial charge in [-0.1, -0.05) is 30.3 Å². The largest absolute Gasteiger partial charge is 0.478 e. The standard InChI is InChI=1S/C13H15NS.C4H4O4/c1-10-7-8-15-13(10)12(14)9-11-5-3-2-4-6-11;5-3(6)1-2-4(7)8/h2-8,12H,9,14H2,1H3;1-2H,(H,5,6)(H,7,8)/b;2-1-. The SMILES string of the molecule is Cc1ccsc1C(N)Cc1ccccc1.O=C(O)/C=C\C(=O)O. The van der Waals surface area contributed by atoms with Crippen LogP contribution in [0.4, 0.5) is 0 Å². The molecule has 1 unspecified atom stereocenters. The number of carboxylic acids is 2. The summed E-state index contributed by atoms with van der Waals surface area (Å²) in [5.41, 5.74) is 8.79. The minimum Gasteiger partial charge on any atom is -0.478 e. The third-order valence-corrected chi connectivity index (χ3v) is 4.06. The van der Waals surface area contributed by atoms with E-state index >= 15 is 0 Å². The fourth-order valence-corrected chi connectivity index (χ4v) is 2.80. The summed E-state index contributed by atoms with van der Waals surface area (Å²) in [5.74, 6) is -2.51. The van der Waals surface area contributed by atoms with Crippen molar-refractivity contribution in [3.8, 4) is 0 Å². The van der Waals surface area contributed by atoms with Crippen molar-refractivity contribution in [3.05, 3.63) is 69.9 Å². The maximum absolute atomic E-state index is 9.55. The van der Waals surface area contributed by atoms with Gasteiger partial charge in [-0.05, 0) is 35.9 Å². The lowest BCUT2D eigenvalue weighted by Gasteiger charge is -2.10. The number of aliphatic carboxylic acids is 2. The monoisotopic (exact) mass is 333 g/mol. The fraction of sp³-hybridized carbons (Fsp3) is 0.176. The van der Waals surface area contributed by atoms with Crippen LogP contribution >= 0.6 is 11.3 Å². The van der Waals surface area contributed by atoms with E-state index in [1.54, 1.807) is 11.3 Å². The summed E-state index contributed by atoms with van der Waals surface area (Å²) in [6.07, 6.45) is 2.03. The number of rotatable bonds is 5. The van der Waals surface area contributed by atoms with Crippen LogP contribution in [0, 0.1) is 6.92 Å². The molecule has 0 aliphatic rings. The van der Waals surface area contributed by atoms with Gasteiger partial charge in [0.2, 0.25) is 0 Å². The summed E-state index contributed by atoms with van der Waals surface area (Å²) >= 11 is 1.75. The highest BCUT2D eigenvalue weighted by molar-refractivity contribution is 7.10. The minimum atomic E-state index is -1.26. The lowest BCUT2D eigenvalue weighted by atomic mass is 10.0. The molecule has 4 N–H and O–H groups in total. The van der Waals surface area contributed by atoms with Gasteiger partial charge in [-0.15, -0.1) is 11.3 Å². The quantitative estimate of drug-likeness (QED) is 0.730. The van der Waals surface area contributed by atoms with Crippen LogP contribution in [-0.2, 0) is 16.0 Å². The average Bonchev–Trinajstić information content (AvgIpc) is 2.93. The molecule has 6 heteroatoms. The van der Waals surface area contributed by atoms with Crippen molar-refractivity contribution in [2.45, 2.75) is 19.4 Å². The third kappa shape index (κ3) is 7.39. The van der Waals surface area contributed by atoms with E-state index in [1.807, 2.05) is 6.07 Å². The molecule has 2 aromatic rings. The Morgan fingerprint density at radius 1 is 1.13 bits per heavy atom. The van der Waals surface area contributed by atoms with Gasteiger partial charge in [0.15, 0.2) is 0 Å². The molecule has 1 heterocycles. The van der Waals surface area contributed by atoms with E-state index in [2.05, 4.69) is 42.6 Å². The molecule has 0 aliphatic carbocycles. The van der Waals surface area contributed by atoms with Gasteiger partial charge in [0.05, 0.1) is 0 Å². The topological polar surface area (TPSA) is 101 Å². The summed E-state index contributed by atoms with van der Waals surface area (Å²) in [6, 6.07) is 12.7. The number of carboxylic acid groups (broad SMARTS) is 2. The zero-order valence-electron chi connectivity index (χ0n) is 12.7. The summed E-state index contributed by atoms with van der Waals surface area (Å²) in [4.78, 5) is 20.4. The molecule has 2 rings (SSSR count). The van der Waals surface area contributed by atoms with Crippen LogP contribution in [0.25, 0.3) is 0 Å². The number of aryl methyl sites for hydroxylation is 1. The lowest BCUT2D eigenvalue weighted by Crippen LogP contribution is -2.12. The molecule has 1 atom stereocenters. The van der Waals surface area contributed by atoms with Crippen LogP contribution < -0.4 is 5.73 Å². The smallest absolute Gasteiger partial charge is 0.328 e. The fourth-order valence-electron chi connectivity index (χ4n) is 1.87. The van der Waals surface area contributed by atoms with Crippen molar-refractivity contribution >= 4 is 23.3 Å². The molecule has 0 bridgehead atoms. The summed E-state index contributed by atoms with van der Waals surface area (Å²) < 4.78 is 0. The molecule has 0 amide bonds. The first kappa shape index (κ1) is 18.6. The van der Waals surface area contributed by atoms with E-state index in [1.165, 1.54) is 16.0 Å². The number of carbonyl (C=O) groups is 2. The van der Waals surface area contributed by atoms with Crippen molar-refractivity contribution in [1.82, 2.24) is 0 Å². The molecule has 0 aliphatic heterocycles. The Bertz CT molecular complexity index is 648. The Morgan fingerprint density at radius 2 is 1.70 bits per heavy atom. The van der Waals surface area contributed by atoms with Crippen LogP contribution in [0.15, 0.2) is 53.9 Å². The van der Waals surface area contributed by atoms with Gasteiger partial charge in [0.1, 0.15) is 0 Å². The average molecular weight is 333 g/mol. The molecule has 1 aromatic heterocycles. The molecule has 1 aromatic carbocycles. The number of hydrogen-bond donors (Lipinski definition) is 3. The summed E-state index contributed by atoms with van der Waals surface area (Å²) in [5, 5.41) is 17.7. The van der Waals surface area contributed by atoms with Crippen LogP contribution in [0.3, 0.4) is 0 Å². The van der Waals surface area contributed by atoms with Crippen molar-refractivity contribution in [2.24, 2.45) is 5.73 Å². The van der Waals surface area contributed by atoms with Crippen molar-refractivity contribution < 1.29 is 19.8 Å². The van der Waals surface area contributed by atoms with Gasteiger partial charge in [0, 0.05) is 23.1 Å². The molecule has 5 nitrogen and oxygen atoms in total. The van der Waals surface area contributed by atoms with Gasteiger partial charge in [0.25, 0.3) is 0 Å². The first-order chi connectivity index (χ1) is 10.9. The second-order valence-electron chi connectivity index (χ2n) is 4.77. The van der Waals surface area contributed by atoms with Gasteiger partial charge in [-0.2, -0.15) is 0 Å². The third-order valence-electron chi connectivity index (χ3n) is 2.91. The molecule has 122 valence electrons. The van der Waals surface area contributed by atoms with Gasteiger partial charge in [-0.3, -0.25) is 0 Å². The molecular formula is C17H19NO4S. The summed E-state index contributed by atoms with van der Waals surface area (Å²) in [6.45, 7) is 2.12. The predicted octanol–water partition coefficient (Wildman–Crippen LogP) is 3.01. The Labute approximate surface area is 138 Å². The first-order valence-electron chi connectivity index (χ1n) is 6.87. The van der Waals surface area contributed by atoms with E-state index < -0.39 is 11.9 Å². The maximum Gasteiger partial charge on any atom is 0.328 e. The lowest BCUT2D eigenvalue weighted by molar-refractivity contribution is -0.134. The Balaban J connectivity index is 0.000000284. The van der Waals surface area contributed by atoms with Crippen molar-refractivity contribution in [1.29, 1.82) is 0 Å². The Kier molecular flexibility index (Phi) is 7.73. The highest BCUT2D eigenvalue weighted by Gasteiger charge is 2.10. The van der Waals surface area contributed by atoms with Crippen LogP contribution in [-0.4, -0.2) is 22.2 Å². The number of benzene rings is 1. The molecule has 0 saturated carbocycles. The first-order valence-corrected chi connectivity index (χ1v) is 7.75. The summed E-state index contributed by atoms with van der Waals surface area (Å²) in [7, 11) is 0. The maximum atomic E-state index is 9.55. The van der Waals surface area contributed by atoms with Gasteiger partial charge < -0.3 is 15.9 Å². The zero-order valence-corrected chi connectivity index (χ0v) is 13.5. The number of thiophene rings is 1. The van der Waals surface area contributed by atoms with Crippen LogP contribution in [0.5, 0.6) is 0 Å². The molecule has 0 spiro atoms. The normalized spacial score (nSPS) is 11.6. The Morgan fingerprint density at radius 3 is 2.13 bits per heavy atom. The van der Waals surface area contributed by atoms with Gasteiger partial charge in [-0.25, -0.2) is 9.59 Å². The predicted molar refractivity (Wildman–Crippen MR) is 90.5 cm³/mol. The van der Waals surface area contributed by atoms with Crippen LogP contribution in [0.1, 0.15) is 22.0 Å². The second kappa shape index (κ2) is 9.55. The second-order valence-corrected chi connectivity index (χ2v) is 5.72. The molecule has 0 radical (unpaired) electrons. The van der Waals surface area contributed by atoms with E-state index in [0.717, 1.165) is 6.42 Å². The highest BCUT2D eigenvalue weighted by atomic mass is 32.1. The number of nitrogens with two attached hydrogens (primary N) is 1.